The summed E-state index contributed by atoms with van der Waals surface area (Å²) in [7, 11) is 0. The van der Waals surface area contributed by atoms with Gasteiger partial charge in [-0.2, -0.15) is 13.2 Å². The largest absolute Gasteiger partial charge is 0.417 e. The third-order valence-electron chi connectivity index (χ3n) is 3.27. The molecule has 0 saturated heterocycles. The van der Waals surface area contributed by atoms with Crippen LogP contribution in [0, 0.1) is 11.6 Å². The number of fused-ring (bicyclic) bond motifs is 1. The molecule has 1 N–H and O–H groups in total. The number of benzene rings is 1. The quantitative estimate of drug-likeness (QED) is 0.496. The number of carbonyl (C=O) groups excluding carboxylic acids is 1. The molecule has 1 aliphatic heterocycles. The van der Waals surface area contributed by atoms with E-state index in [2.05, 4.69) is 47.1 Å². The van der Waals surface area contributed by atoms with Crippen molar-refractivity contribution in [2.45, 2.75) is 9.41 Å². The fourth-order valence-corrected chi connectivity index (χ4v) is 3.28. The molecule has 0 saturated carbocycles. The van der Waals surface area contributed by atoms with Crippen LogP contribution in [0.3, 0.4) is 0 Å². The lowest BCUT2D eigenvalue weighted by Crippen LogP contribution is -2.21. The number of aromatic nitrogens is 2. The van der Waals surface area contributed by atoms with Crippen molar-refractivity contribution in [3.63, 3.8) is 0 Å². The first-order valence-corrected chi connectivity index (χ1v) is 7.73. The van der Waals surface area contributed by atoms with Crippen molar-refractivity contribution in [3.8, 4) is 11.4 Å². The topological polar surface area (TPSA) is 54.9 Å². The minimum Gasteiger partial charge on any atom is -0.321 e. The zero-order valence-corrected chi connectivity index (χ0v) is 14.4. The SMILES string of the molecule is O=C1Nc2c(F)cc(C(F)(F)F)c(-c3ncc(F)cn3)c2C1(Br)Br. The fourth-order valence-electron chi connectivity index (χ4n) is 2.29. The van der Waals surface area contributed by atoms with Gasteiger partial charge in [0.1, 0.15) is 5.82 Å². The van der Waals surface area contributed by atoms with Crippen molar-refractivity contribution < 1.29 is 26.7 Å². The maximum atomic E-state index is 14.1. The van der Waals surface area contributed by atoms with Gasteiger partial charge in [0.05, 0.1) is 23.6 Å². The molecule has 0 bridgehead atoms. The second-order valence-corrected chi connectivity index (χ2v) is 8.23. The van der Waals surface area contributed by atoms with Crippen molar-refractivity contribution in [2.75, 3.05) is 5.32 Å². The number of nitrogens with one attached hydrogen (secondary N) is 1. The van der Waals surface area contributed by atoms with Crippen LogP contribution in [0.4, 0.5) is 27.6 Å². The van der Waals surface area contributed by atoms with E-state index in [1.807, 2.05) is 0 Å². The molecule has 1 aliphatic rings. The van der Waals surface area contributed by atoms with E-state index in [9.17, 15) is 26.7 Å². The summed E-state index contributed by atoms with van der Waals surface area (Å²) < 4.78 is 65.4. The van der Waals surface area contributed by atoms with Gasteiger partial charge in [0.25, 0.3) is 5.91 Å². The first-order chi connectivity index (χ1) is 11.0. The highest BCUT2D eigenvalue weighted by molar-refractivity contribution is 9.25. The van der Waals surface area contributed by atoms with Crippen LogP contribution in [0.25, 0.3) is 11.4 Å². The number of carbonyl (C=O) groups is 1. The number of nitrogens with zero attached hydrogens (tertiary/aromatic N) is 2. The van der Waals surface area contributed by atoms with E-state index in [0.717, 1.165) is 0 Å². The third-order valence-corrected chi connectivity index (χ3v) is 4.78. The van der Waals surface area contributed by atoms with E-state index in [0.29, 0.717) is 12.4 Å². The molecule has 0 spiro atoms. The highest BCUT2D eigenvalue weighted by atomic mass is 79.9. The molecule has 0 aliphatic carbocycles. The second kappa shape index (κ2) is 5.45. The summed E-state index contributed by atoms with van der Waals surface area (Å²) in [4.78, 5) is 19.0. The minimum absolute atomic E-state index is 0.239. The number of hydrogen-bond acceptors (Lipinski definition) is 3. The zero-order valence-electron chi connectivity index (χ0n) is 11.2. The molecular formula is C13H4Br2F5N3O. The Morgan fingerprint density at radius 1 is 1.12 bits per heavy atom. The first-order valence-electron chi connectivity index (χ1n) is 6.15. The lowest BCUT2D eigenvalue weighted by molar-refractivity contribution is -0.137. The van der Waals surface area contributed by atoms with Crippen LogP contribution in [0.15, 0.2) is 18.5 Å². The Bertz CT molecular complexity index is 852. The predicted octanol–water partition coefficient (Wildman–Crippen LogP) is 4.34. The molecule has 126 valence electrons. The van der Waals surface area contributed by atoms with Gasteiger partial charge in [-0.25, -0.2) is 18.7 Å². The standard InChI is InChI=1S/C13H4Br2F5N3O/c14-12(15)8-7(10-21-2-4(16)3-22-10)5(13(18,19)20)1-6(17)9(8)23-11(12)24/h1-3H,(H,23,24). The Hall–Kier alpha value is -1.62. The number of anilines is 1. The van der Waals surface area contributed by atoms with E-state index in [1.165, 1.54) is 0 Å². The zero-order chi connectivity index (χ0) is 17.9. The van der Waals surface area contributed by atoms with E-state index < -0.39 is 49.6 Å². The summed E-state index contributed by atoms with van der Waals surface area (Å²) in [5.74, 6) is -3.44. The van der Waals surface area contributed by atoms with E-state index in [4.69, 9.17) is 0 Å². The van der Waals surface area contributed by atoms with E-state index in [-0.39, 0.29) is 11.6 Å². The molecule has 2 aromatic rings. The fraction of sp³-hybridized carbons (Fsp3) is 0.154. The molecule has 1 aromatic heterocycles. The molecule has 11 heteroatoms. The van der Waals surface area contributed by atoms with Gasteiger partial charge in [-0.15, -0.1) is 0 Å². The number of hydrogen-bond donors (Lipinski definition) is 1. The van der Waals surface area contributed by atoms with Gasteiger partial charge in [-0.3, -0.25) is 4.79 Å². The molecule has 24 heavy (non-hydrogen) atoms. The average molecular weight is 473 g/mol. The summed E-state index contributed by atoms with van der Waals surface area (Å²) in [6.45, 7) is 0. The lowest BCUT2D eigenvalue weighted by atomic mass is 9.96. The minimum atomic E-state index is -4.95. The maximum absolute atomic E-state index is 14.1. The Morgan fingerprint density at radius 3 is 2.25 bits per heavy atom. The Kier molecular flexibility index (Phi) is 3.91. The van der Waals surface area contributed by atoms with Crippen LogP contribution >= 0.6 is 31.9 Å². The van der Waals surface area contributed by atoms with Crippen molar-refractivity contribution in [1.29, 1.82) is 0 Å². The first kappa shape index (κ1) is 17.2. The molecule has 4 nitrogen and oxygen atoms in total. The summed E-state index contributed by atoms with van der Waals surface area (Å²) in [5, 5.41) is 2.15. The van der Waals surface area contributed by atoms with Crippen LogP contribution in [0.1, 0.15) is 11.1 Å². The van der Waals surface area contributed by atoms with Gasteiger partial charge in [0, 0.05) is 11.1 Å². The van der Waals surface area contributed by atoms with Gasteiger partial charge < -0.3 is 5.32 Å². The number of alkyl halides is 5. The van der Waals surface area contributed by atoms with Gasteiger partial charge >= 0.3 is 6.18 Å². The lowest BCUT2D eigenvalue weighted by Gasteiger charge is -2.20. The van der Waals surface area contributed by atoms with Crippen molar-refractivity contribution in [1.82, 2.24) is 9.97 Å². The van der Waals surface area contributed by atoms with E-state index >= 15 is 0 Å². The molecule has 0 atom stereocenters. The van der Waals surface area contributed by atoms with Gasteiger partial charge in [0.2, 0.25) is 0 Å². The predicted molar refractivity (Wildman–Crippen MR) is 80.5 cm³/mol. The van der Waals surface area contributed by atoms with Gasteiger partial charge in [-0.05, 0) is 6.07 Å². The van der Waals surface area contributed by atoms with Crippen LogP contribution in [0.2, 0.25) is 0 Å². The van der Waals surface area contributed by atoms with Gasteiger partial charge in [-0.1, -0.05) is 31.9 Å². The Labute approximate surface area is 147 Å². The highest BCUT2D eigenvalue weighted by Gasteiger charge is 2.50. The normalized spacial score (nSPS) is 16.0. The molecular weight excluding hydrogens is 469 g/mol. The molecule has 3 rings (SSSR count). The number of halogens is 7. The molecule has 1 aromatic carbocycles. The molecule has 1 amide bonds. The smallest absolute Gasteiger partial charge is 0.321 e. The number of amides is 1. The van der Waals surface area contributed by atoms with Crippen LogP contribution in [-0.2, 0) is 14.2 Å². The molecule has 0 fully saturated rings. The van der Waals surface area contributed by atoms with Crippen LogP contribution in [-0.4, -0.2) is 15.9 Å². The van der Waals surface area contributed by atoms with Gasteiger partial charge in [0.15, 0.2) is 14.9 Å². The summed E-state index contributed by atoms with van der Waals surface area (Å²) >= 11 is 5.89. The Balaban J connectivity index is 2.44. The molecule has 0 radical (unpaired) electrons. The maximum Gasteiger partial charge on any atom is 0.417 e. The molecule has 0 unspecified atom stereocenters. The summed E-state index contributed by atoms with van der Waals surface area (Å²) in [6.07, 6.45) is -3.61. The monoisotopic (exact) mass is 471 g/mol. The summed E-state index contributed by atoms with van der Waals surface area (Å²) in [5.41, 5.74) is -2.83. The number of rotatable bonds is 1. The van der Waals surface area contributed by atoms with Crippen molar-refractivity contribution in [3.05, 3.63) is 41.2 Å². The van der Waals surface area contributed by atoms with Crippen molar-refractivity contribution in [2.24, 2.45) is 0 Å². The van der Waals surface area contributed by atoms with Crippen LogP contribution in [0.5, 0.6) is 0 Å². The van der Waals surface area contributed by atoms with E-state index in [1.54, 1.807) is 0 Å². The average Bonchev–Trinajstić information content (AvgIpc) is 2.71. The third kappa shape index (κ3) is 2.59. The highest BCUT2D eigenvalue weighted by Crippen LogP contribution is 2.54. The Morgan fingerprint density at radius 2 is 1.71 bits per heavy atom. The second-order valence-electron chi connectivity index (χ2n) is 4.78. The van der Waals surface area contributed by atoms with Crippen LogP contribution < -0.4 is 5.32 Å². The molecule has 2 heterocycles. The summed E-state index contributed by atoms with van der Waals surface area (Å²) in [6, 6.07) is 0.239. The van der Waals surface area contributed by atoms with Crippen molar-refractivity contribution >= 4 is 43.5 Å².